The van der Waals surface area contributed by atoms with E-state index in [1.165, 1.54) is 38.5 Å². The highest BCUT2D eigenvalue weighted by molar-refractivity contribution is 5.97. The highest BCUT2D eigenvalue weighted by Crippen LogP contribution is 2.36. The Bertz CT molecular complexity index is 1240. The molecule has 3 N–H and O–H groups in total. The number of pyridine rings is 1. The number of unbranched alkanes of at least 4 members (excludes halogenated alkanes) is 4. The Labute approximate surface area is 238 Å². The van der Waals surface area contributed by atoms with E-state index in [1.54, 1.807) is 10.6 Å². The van der Waals surface area contributed by atoms with E-state index in [9.17, 15) is 14.4 Å². The van der Waals surface area contributed by atoms with Crippen molar-refractivity contribution < 1.29 is 9.59 Å². The molecule has 0 radical (unpaired) electrons. The molecule has 1 aromatic heterocycles. The number of carbonyl (C=O) groups excluding carboxylic acids is 2. The Morgan fingerprint density at radius 2 is 1.65 bits per heavy atom. The van der Waals surface area contributed by atoms with Gasteiger partial charge >= 0.3 is 0 Å². The number of piperidine rings is 1. The first-order valence-corrected chi connectivity index (χ1v) is 15.6. The van der Waals surface area contributed by atoms with Gasteiger partial charge in [0.25, 0.3) is 11.5 Å². The van der Waals surface area contributed by atoms with Crippen LogP contribution in [0, 0.1) is 0 Å². The Kier molecular flexibility index (Phi) is 9.26. The third-order valence-corrected chi connectivity index (χ3v) is 9.48. The highest BCUT2D eigenvalue weighted by atomic mass is 16.2. The van der Waals surface area contributed by atoms with E-state index in [4.69, 9.17) is 5.73 Å². The number of primary amides is 1. The molecule has 1 aromatic carbocycles. The molecule has 0 saturated carbocycles. The molecule has 8 heteroatoms. The number of benzene rings is 1. The van der Waals surface area contributed by atoms with Crippen molar-refractivity contribution in [2.75, 3.05) is 19.6 Å². The molecule has 2 amide bonds. The predicted octanol–water partition coefficient (Wildman–Crippen LogP) is 4.21. The monoisotopic (exact) mass is 549 g/mol. The molecule has 0 aliphatic carbocycles. The molecule has 3 fully saturated rings. The zero-order valence-electron chi connectivity index (χ0n) is 24.3. The molecule has 218 valence electrons. The number of nitrogens with two attached hydrogens (primary N) is 1. The number of nitrogens with one attached hydrogen (secondary N) is 1. The minimum atomic E-state index is -0.237. The Hall–Kier alpha value is -2.71. The molecule has 2 bridgehead atoms. The summed E-state index contributed by atoms with van der Waals surface area (Å²) in [6, 6.07) is 10.6. The van der Waals surface area contributed by atoms with Crippen molar-refractivity contribution in [3.8, 4) is 0 Å². The summed E-state index contributed by atoms with van der Waals surface area (Å²) in [7, 11) is 0. The first-order valence-electron chi connectivity index (χ1n) is 15.6. The molecule has 3 saturated heterocycles. The van der Waals surface area contributed by atoms with Crippen LogP contribution in [-0.4, -0.2) is 70.0 Å². The van der Waals surface area contributed by atoms with Crippen LogP contribution in [0.15, 0.2) is 35.1 Å². The fourth-order valence-electron chi connectivity index (χ4n) is 7.54. The van der Waals surface area contributed by atoms with Gasteiger partial charge in [-0.2, -0.15) is 0 Å². The summed E-state index contributed by atoms with van der Waals surface area (Å²) in [4.78, 5) is 43.1. The molecule has 1 unspecified atom stereocenters. The minimum absolute atomic E-state index is 0.0245. The second-order valence-corrected chi connectivity index (χ2v) is 12.5. The number of aromatic nitrogens is 1. The quantitative estimate of drug-likeness (QED) is 0.387. The number of para-hydroxylation sites is 1. The molecule has 4 heterocycles. The zero-order chi connectivity index (χ0) is 28.2. The number of nitrogens with zero attached hydrogens (tertiary/aromatic N) is 3. The molecule has 8 nitrogen and oxygen atoms in total. The van der Waals surface area contributed by atoms with E-state index < -0.39 is 0 Å². The fraction of sp³-hybridized carbons (Fsp3) is 0.656. The number of hydrogen-bond donors (Lipinski definition) is 2. The average molecular weight is 550 g/mol. The predicted molar refractivity (Wildman–Crippen MR) is 159 cm³/mol. The van der Waals surface area contributed by atoms with Crippen molar-refractivity contribution in [3.05, 3.63) is 46.2 Å². The van der Waals surface area contributed by atoms with Crippen molar-refractivity contribution >= 4 is 22.7 Å². The molecular formula is C32H47N5O3. The summed E-state index contributed by atoms with van der Waals surface area (Å²) in [6.45, 7) is 7.10. The summed E-state index contributed by atoms with van der Waals surface area (Å²) in [5.41, 5.74) is 6.44. The van der Waals surface area contributed by atoms with Crippen LogP contribution in [0.25, 0.3) is 10.9 Å². The molecule has 3 aliphatic heterocycles. The van der Waals surface area contributed by atoms with Gasteiger partial charge in [0.05, 0.1) is 11.6 Å². The Morgan fingerprint density at radius 3 is 2.35 bits per heavy atom. The maximum Gasteiger partial charge on any atom is 0.264 e. The van der Waals surface area contributed by atoms with Gasteiger partial charge in [0.15, 0.2) is 0 Å². The Morgan fingerprint density at radius 1 is 0.975 bits per heavy atom. The van der Waals surface area contributed by atoms with Crippen molar-refractivity contribution in [1.82, 2.24) is 19.7 Å². The van der Waals surface area contributed by atoms with E-state index in [-0.39, 0.29) is 41.1 Å². The van der Waals surface area contributed by atoms with Gasteiger partial charge in [-0.15, -0.1) is 0 Å². The second-order valence-electron chi connectivity index (χ2n) is 12.5. The number of carbonyl (C=O) groups is 2. The SMILES string of the molecule is CC(C)n1c(=O)c(C(=O)NC2C[C@H]3CC[C@@H](C2)N3CCCCCCCN2CCC[C@@H]2C(N)=O)cc2ccccc21. The van der Waals surface area contributed by atoms with Crippen molar-refractivity contribution in [3.63, 3.8) is 0 Å². The number of rotatable bonds is 12. The number of amides is 2. The normalized spacial score (nSPS) is 25.2. The maximum atomic E-state index is 13.3. The van der Waals surface area contributed by atoms with Crippen LogP contribution in [0.2, 0.25) is 0 Å². The van der Waals surface area contributed by atoms with Gasteiger partial charge in [-0.1, -0.05) is 37.5 Å². The average Bonchev–Trinajstić information content (AvgIpc) is 3.49. The third-order valence-electron chi connectivity index (χ3n) is 9.48. The zero-order valence-corrected chi connectivity index (χ0v) is 24.3. The fourth-order valence-corrected chi connectivity index (χ4v) is 7.54. The number of hydrogen-bond acceptors (Lipinski definition) is 5. The van der Waals surface area contributed by atoms with Gasteiger partial charge < -0.3 is 15.6 Å². The third kappa shape index (κ3) is 6.28. The van der Waals surface area contributed by atoms with Gasteiger partial charge in [-0.05, 0) is 102 Å². The summed E-state index contributed by atoms with van der Waals surface area (Å²) >= 11 is 0. The smallest absolute Gasteiger partial charge is 0.264 e. The van der Waals surface area contributed by atoms with Crippen LogP contribution in [0.4, 0.5) is 0 Å². The summed E-state index contributed by atoms with van der Waals surface area (Å²) < 4.78 is 1.74. The molecule has 4 atom stereocenters. The van der Waals surface area contributed by atoms with E-state index in [0.29, 0.717) is 12.1 Å². The van der Waals surface area contributed by atoms with Crippen LogP contribution in [0.1, 0.15) is 101 Å². The number of likely N-dealkylation sites (tertiary alicyclic amines) is 1. The highest BCUT2D eigenvalue weighted by Gasteiger charge is 2.40. The molecule has 40 heavy (non-hydrogen) atoms. The van der Waals surface area contributed by atoms with Crippen LogP contribution in [-0.2, 0) is 4.79 Å². The van der Waals surface area contributed by atoms with Gasteiger partial charge in [0, 0.05) is 24.2 Å². The van der Waals surface area contributed by atoms with Crippen LogP contribution in [0.3, 0.4) is 0 Å². The standard InChI is InChI=1S/C32H47N5O3/c1-22(2)37-28-12-7-6-11-23(28)19-27(32(37)40)31(39)34-24-20-25-14-15-26(21-24)36(25)18-9-5-3-4-8-16-35-17-10-13-29(35)30(33)38/h6-7,11-12,19,22,24-26,29H,3-5,8-10,13-18,20-21H2,1-2H3,(H2,33,38)(H,34,39)/t24?,25-,26+,29-/m1/s1. The van der Waals surface area contributed by atoms with E-state index >= 15 is 0 Å². The molecular weight excluding hydrogens is 502 g/mol. The lowest BCUT2D eigenvalue weighted by molar-refractivity contribution is -0.122. The summed E-state index contributed by atoms with van der Waals surface area (Å²) in [5.74, 6) is -0.405. The lowest BCUT2D eigenvalue weighted by Crippen LogP contribution is -2.51. The largest absolute Gasteiger partial charge is 0.368 e. The van der Waals surface area contributed by atoms with Crippen molar-refractivity contribution in [1.29, 1.82) is 0 Å². The van der Waals surface area contributed by atoms with E-state index in [1.807, 2.05) is 38.1 Å². The van der Waals surface area contributed by atoms with Gasteiger partial charge in [0.2, 0.25) is 5.91 Å². The van der Waals surface area contributed by atoms with Crippen molar-refractivity contribution in [2.45, 2.75) is 115 Å². The topological polar surface area (TPSA) is 101 Å². The van der Waals surface area contributed by atoms with Crippen LogP contribution in [0.5, 0.6) is 0 Å². The summed E-state index contributed by atoms with van der Waals surface area (Å²) in [5, 5.41) is 4.16. The minimum Gasteiger partial charge on any atom is -0.368 e. The van der Waals surface area contributed by atoms with Gasteiger partial charge in [0.1, 0.15) is 5.56 Å². The first-order chi connectivity index (χ1) is 19.3. The molecule has 2 aromatic rings. The second kappa shape index (κ2) is 12.9. The number of fused-ring (bicyclic) bond motifs is 3. The molecule has 0 spiro atoms. The van der Waals surface area contributed by atoms with Gasteiger partial charge in [-0.3, -0.25) is 24.2 Å². The van der Waals surface area contributed by atoms with E-state index in [2.05, 4.69) is 15.1 Å². The molecule has 3 aliphatic rings. The van der Waals surface area contributed by atoms with E-state index in [0.717, 1.165) is 62.6 Å². The Balaban J connectivity index is 1.07. The lowest BCUT2D eigenvalue weighted by atomic mass is 9.96. The van der Waals surface area contributed by atoms with Crippen LogP contribution < -0.4 is 16.6 Å². The summed E-state index contributed by atoms with van der Waals surface area (Å²) in [6.07, 6.45) is 12.3. The maximum absolute atomic E-state index is 13.3. The molecule has 5 rings (SSSR count). The van der Waals surface area contributed by atoms with Crippen molar-refractivity contribution in [2.24, 2.45) is 5.73 Å². The van der Waals surface area contributed by atoms with Gasteiger partial charge in [-0.25, -0.2) is 0 Å². The first kappa shape index (κ1) is 28.8. The van der Waals surface area contributed by atoms with Crippen LogP contribution >= 0.6 is 0 Å². The lowest BCUT2D eigenvalue weighted by Gasteiger charge is -2.39.